The molecule has 62 valence electrons. The lowest BCUT2D eigenvalue weighted by Crippen LogP contribution is -1.92. The summed E-state index contributed by atoms with van der Waals surface area (Å²) in [5, 5.41) is 0. The van der Waals surface area contributed by atoms with E-state index in [9.17, 15) is 0 Å². The van der Waals surface area contributed by atoms with Crippen molar-refractivity contribution in [2.75, 3.05) is 0 Å². The number of terminal acetylenes is 1. The zero-order chi connectivity index (χ0) is 8.85. The van der Waals surface area contributed by atoms with Crippen LogP contribution in [-0.2, 0) is 0 Å². The van der Waals surface area contributed by atoms with Crippen molar-refractivity contribution in [3.63, 3.8) is 0 Å². The van der Waals surface area contributed by atoms with Gasteiger partial charge in [0.2, 0.25) is 0 Å². The first-order chi connectivity index (χ1) is 5.06. The molecule has 0 aromatic rings. The maximum atomic E-state index is 5.27. The molecular weight excluding hydrogens is 132 g/mol. The van der Waals surface area contributed by atoms with Gasteiger partial charge in [-0.15, -0.1) is 12.3 Å². The predicted molar refractivity (Wildman–Crippen MR) is 51.2 cm³/mol. The second-order valence-electron chi connectivity index (χ2n) is 3.53. The lowest BCUT2D eigenvalue weighted by molar-refractivity contribution is 0.723. The zero-order valence-corrected chi connectivity index (χ0v) is 8.02. The van der Waals surface area contributed by atoms with Crippen LogP contribution in [-0.4, -0.2) is 0 Å². The molecule has 0 aromatic heterocycles. The summed E-state index contributed by atoms with van der Waals surface area (Å²) in [6, 6.07) is 0. The number of rotatable bonds is 3. The van der Waals surface area contributed by atoms with Crippen LogP contribution in [0.15, 0.2) is 11.6 Å². The molecule has 0 amide bonds. The van der Waals surface area contributed by atoms with Gasteiger partial charge in [-0.25, -0.2) is 0 Å². The van der Waals surface area contributed by atoms with Gasteiger partial charge >= 0.3 is 0 Å². The quantitative estimate of drug-likeness (QED) is 0.428. The Morgan fingerprint density at radius 3 is 2.36 bits per heavy atom. The topological polar surface area (TPSA) is 0 Å². The molecule has 0 radical (unpaired) electrons. The minimum absolute atomic E-state index is 0.380. The van der Waals surface area contributed by atoms with E-state index in [2.05, 4.69) is 39.7 Å². The molecule has 0 aliphatic carbocycles. The molecule has 0 nitrogen and oxygen atoms in total. The predicted octanol–water partition coefficient (Wildman–Crippen LogP) is 3.25. The molecule has 0 spiro atoms. The molecule has 0 aliphatic rings. The van der Waals surface area contributed by atoms with Gasteiger partial charge in [0.25, 0.3) is 0 Å². The monoisotopic (exact) mass is 150 g/mol. The third-order valence-electron chi connectivity index (χ3n) is 1.53. The maximum Gasteiger partial charge on any atom is 0.0208 e. The SMILES string of the molecule is C#CC(C)CC(C)=CC(C)C. The van der Waals surface area contributed by atoms with Crippen molar-refractivity contribution in [1.29, 1.82) is 0 Å². The van der Waals surface area contributed by atoms with E-state index >= 15 is 0 Å². The smallest absolute Gasteiger partial charge is 0.0208 e. The van der Waals surface area contributed by atoms with Gasteiger partial charge in [0, 0.05) is 5.92 Å². The summed E-state index contributed by atoms with van der Waals surface area (Å²) in [6.45, 7) is 8.60. The van der Waals surface area contributed by atoms with Crippen LogP contribution in [0.25, 0.3) is 0 Å². The Morgan fingerprint density at radius 2 is 2.00 bits per heavy atom. The minimum Gasteiger partial charge on any atom is -0.120 e. The van der Waals surface area contributed by atoms with Crippen LogP contribution >= 0.6 is 0 Å². The molecule has 0 N–H and O–H groups in total. The fourth-order valence-electron chi connectivity index (χ4n) is 1.18. The van der Waals surface area contributed by atoms with Crippen molar-refractivity contribution in [3.05, 3.63) is 11.6 Å². The lowest BCUT2D eigenvalue weighted by Gasteiger charge is -2.05. The van der Waals surface area contributed by atoms with Crippen molar-refractivity contribution in [2.45, 2.75) is 34.1 Å². The minimum atomic E-state index is 0.380. The first-order valence-corrected chi connectivity index (χ1v) is 4.19. The highest BCUT2D eigenvalue weighted by atomic mass is 14.0. The average molecular weight is 150 g/mol. The maximum absolute atomic E-state index is 5.27. The highest BCUT2D eigenvalue weighted by Gasteiger charge is 1.98. The summed E-state index contributed by atoms with van der Waals surface area (Å²) in [7, 11) is 0. The van der Waals surface area contributed by atoms with E-state index in [4.69, 9.17) is 6.42 Å². The van der Waals surface area contributed by atoms with Gasteiger partial charge in [0.15, 0.2) is 0 Å². The van der Waals surface area contributed by atoms with Crippen molar-refractivity contribution in [3.8, 4) is 12.3 Å². The molecule has 1 unspecified atom stereocenters. The summed E-state index contributed by atoms with van der Waals surface area (Å²) >= 11 is 0. The zero-order valence-electron chi connectivity index (χ0n) is 8.02. The van der Waals surface area contributed by atoms with Crippen LogP contribution in [0.2, 0.25) is 0 Å². The summed E-state index contributed by atoms with van der Waals surface area (Å²) in [5.41, 5.74) is 1.41. The second-order valence-corrected chi connectivity index (χ2v) is 3.53. The first-order valence-electron chi connectivity index (χ1n) is 4.19. The van der Waals surface area contributed by atoms with E-state index in [1.54, 1.807) is 0 Å². The molecule has 0 heteroatoms. The summed E-state index contributed by atoms with van der Waals surface area (Å²) < 4.78 is 0. The van der Waals surface area contributed by atoms with E-state index in [1.807, 2.05) is 0 Å². The van der Waals surface area contributed by atoms with E-state index in [1.165, 1.54) is 5.57 Å². The molecule has 0 rings (SSSR count). The largest absolute Gasteiger partial charge is 0.120 e. The van der Waals surface area contributed by atoms with Gasteiger partial charge in [0.1, 0.15) is 0 Å². The van der Waals surface area contributed by atoms with Crippen LogP contribution < -0.4 is 0 Å². The third-order valence-corrected chi connectivity index (χ3v) is 1.53. The van der Waals surface area contributed by atoms with Crippen molar-refractivity contribution < 1.29 is 0 Å². The number of hydrogen-bond acceptors (Lipinski definition) is 0. The molecule has 0 aromatic carbocycles. The highest BCUT2D eigenvalue weighted by Crippen LogP contribution is 2.11. The Hall–Kier alpha value is -0.700. The Morgan fingerprint density at radius 1 is 1.45 bits per heavy atom. The highest BCUT2D eigenvalue weighted by molar-refractivity contribution is 5.05. The third kappa shape index (κ3) is 5.73. The van der Waals surface area contributed by atoms with Crippen molar-refractivity contribution in [1.82, 2.24) is 0 Å². The molecule has 0 aliphatic heterocycles. The first kappa shape index (κ1) is 10.3. The van der Waals surface area contributed by atoms with Gasteiger partial charge in [-0.1, -0.05) is 32.4 Å². The summed E-state index contributed by atoms with van der Waals surface area (Å²) in [6.07, 6.45) is 8.58. The molecule has 1 atom stereocenters. The second kappa shape index (κ2) is 5.02. The fraction of sp³-hybridized carbons (Fsp3) is 0.636. The van der Waals surface area contributed by atoms with E-state index in [-0.39, 0.29) is 0 Å². The van der Waals surface area contributed by atoms with Crippen LogP contribution in [0.1, 0.15) is 34.1 Å². The van der Waals surface area contributed by atoms with Crippen LogP contribution in [0.4, 0.5) is 0 Å². The van der Waals surface area contributed by atoms with E-state index < -0.39 is 0 Å². The van der Waals surface area contributed by atoms with Gasteiger partial charge < -0.3 is 0 Å². The molecular formula is C11H18. The van der Waals surface area contributed by atoms with Crippen LogP contribution in [0.5, 0.6) is 0 Å². The van der Waals surface area contributed by atoms with E-state index in [0.29, 0.717) is 11.8 Å². The molecule has 0 heterocycles. The Bertz CT molecular complexity index is 167. The summed E-state index contributed by atoms with van der Waals surface area (Å²) in [5.74, 6) is 3.75. The van der Waals surface area contributed by atoms with Crippen LogP contribution in [0.3, 0.4) is 0 Å². The van der Waals surface area contributed by atoms with Crippen molar-refractivity contribution >= 4 is 0 Å². The Kier molecular flexibility index (Phi) is 4.70. The molecule has 0 saturated heterocycles. The van der Waals surface area contributed by atoms with E-state index in [0.717, 1.165) is 6.42 Å². The molecule has 0 saturated carbocycles. The molecule has 11 heavy (non-hydrogen) atoms. The molecule has 0 bridgehead atoms. The normalized spacial score (nSPS) is 14.7. The molecule has 0 fully saturated rings. The van der Waals surface area contributed by atoms with Gasteiger partial charge in [0.05, 0.1) is 0 Å². The van der Waals surface area contributed by atoms with Gasteiger partial charge in [-0.2, -0.15) is 0 Å². The Balaban J connectivity index is 3.88. The number of hydrogen-bond donors (Lipinski definition) is 0. The van der Waals surface area contributed by atoms with Crippen molar-refractivity contribution in [2.24, 2.45) is 11.8 Å². The van der Waals surface area contributed by atoms with Gasteiger partial charge in [-0.3, -0.25) is 0 Å². The summed E-state index contributed by atoms with van der Waals surface area (Å²) in [4.78, 5) is 0. The van der Waals surface area contributed by atoms with Crippen LogP contribution in [0, 0.1) is 24.2 Å². The van der Waals surface area contributed by atoms with Gasteiger partial charge in [-0.05, 0) is 19.3 Å². The fourth-order valence-corrected chi connectivity index (χ4v) is 1.18. The standard InChI is InChI=1S/C11H18/c1-6-10(4)8-11(5)7-9(2)3/h1,7,9-10H,8H2,2-5H3. The average Bonchev–Trinajstić information content (AvgIpc) is 1.85. The Labute approximate surface area is 70.7 Å². The lowest BCUT2D eigenvalue weighted by atomic mass is 10.0. The number of allylic oxidation sites excluding steroid dienone is 2.